The number of pyridine rings is 2. The highest BCUT2D eigenvalue weighted by Crippen LogP contribution is 2.34. The van der Waals surface area contributed by atoms with Crippen LogP contribution in [0.4, 0.5) is 5.82 Å². The van der Waals surface area contributed by atoms with Crippen LogP contribution in [-0.2, 0) is 0 Å². The van der Waals surface area contributed by atoms with E-state index in [2.05, 4.69) is 27.3 Å². The van der Waals surface area contributed by atoms with Gasteiger partial charge in [-0.1, -0.05) is 30.8 Å². The average Bonchev–Trinajstić information content (AvgIpc) is 3.62. The molecule has 1 aliphatic rings. The highest BCUT2D eigenvalue weighted by molar-refractivity contribution is 5.93. The summed E-state index contributed by atoms with van der Waals surface area (Å²) < 4.78 is 5.46. The maximum Gasteiger partial charge on any atom is 0.270 e. The first-order valence-corrected chi connectivity index (χ1v) is 9.67. The molecule has 0 bridgehead atoms. The molecule has 1 aliphatic carbocycles. The highest BCUT2D eigenvalue weighted by Gasteiger charge is 2.24. The van der Waals surface area contributed by atoms with Crippen LogP contribution in [0.5, 0.6) is 5.75 Å². The van der Waals surface area contributed by atoms with Crippen LogP contribution >= 0.6 is 0 Å². The maximum atomic E-state index is 12.2. The first-order valence-electron chi connectivity index (χ1n) is 9.67. The Morgan fingerprint density at radius 2 is 1.87 bits per heavy atom. The molecule has 4 N–H and O–H groups in total. The van der Waals surface area contributed by atoms with Crippen molar-refractivity contribution in [3.05, 3.63) is 78.3 Å². The molecule has 30 heavy (non-hydrogen) atoms. The standard InChI is InChI=1S/C23H23N5O2/c1-14(18-5-3-4-6-21(18)30-2)19-11-16(13-26-22(19)28-24)15-7-10-20(25-12-15)23(29)27-17-8-9-17/h3-7,10-13,17H,1,8-9,24H2,2H3,(H,26,28)(H,27,29). The van der Waals surface area contributed by atoms with Gasteiger partial charge in [-0.3, -0.25) is 9.78 Å². The fourth-order valence-corrected chi connectivity index (χ4v) is 3.19. The molecule has 1 saturated carbocycles. The number of nitrogens with zero attached hydrogens (tertiary/aromatic N) is 2. The summed E-state index contributed by atoms with van der Waals surface area (Å²) >= 11 is 0. The molecule has 1 fully saturated rings. The van der Waals surface area contributed by atoms with Crippen LogP contribution in [0.15, 0.2) is 61.4 Å². The summed E-state index contributed by atoms with van der Waals surface area (Å²) in [6.45, 7) is 4.23. The van der Waals surface area contributed by atoms with Crippen molar-refractivity contribution in [3.63, 3.8) is 0 Å². The minimum absolute atomic E-state index is 0.143. The van der Waals surface area contributed by atoms with Gasteiger partial charge in [0.05, 0.1) is 7.11 Å². The van der Waals surface area contributed by atoms with E-state index < -0.39 is 0 Å². The Balaban J connectivity index is 1.65. The second-order valence-corrected chi connectivity index (χ2v) is 7.12. The Kier molecular flexibility index (Phi) is 5.45. The molecular formula is C23H23N5O2. The number of carbonyl (C=O) groups is 1. The minimum atomic E-state index is -0.143. The average molecular weight is 401 g/mol. The molecule has 4 rings (SSSR count). The number of amides is 1. The van der Waals surface area contributed by atoms with Crippen molar-refractivity contribution in [2.45, 2.75) is 18.9 Å². The summed E-state index contributed by atoms with van der Waals surface area (Å²) in [5.41, 5.74) is 7.02. The number of aromatic nitrogens is 2. The van der Waals surface area contributed by atoms with E-state index in [1.54, 1.807) is 25.6 Å². The van der Waals surface area contributed by atoms with Gasteiger partial charge in [0.1, 0.15) is 17.3 Å². The van der Waals surface area contributed by atoms with Gasteiger partial charge in [0.15, 0.2) is 0 Å². The lowest BCUT2D eigenvalue weighted by molar-refractivity contribution is 0.0946. The predicted molar refractivity (Wildman–Crippen MR) is 117 cm³/mol. The molecule has 0 radical (unpaired) electrons. The van der Waals surface area contributed by atoms with E-state index in [0.717, 1.165) is 40.7 Å². The van der Waals surface area contributed by atoms with Gasteiger partial charge in [0.25, 0.3) is 5.91 Å². The van der Waals surface area contributed by atoms with Crippen molar-refractivity contribution >= 4 is 17.3 Å². The lowest BCUT2D eigenvalue weighted by Crippen LogP contribution is -2.26. The first kappa shape index (κ1) is 19.6. The zero-order valence-corrected chi connectivity index (χ0v) is 16.7. The Hall–Kier alpha value is -3.71. The molecule has 2 aromatic heterocycles. The van der Waals surface area contributed by atoms with Crippen molar-refractivity contribution < 1.29 is 9.53 Å². The predicted octanol–water partition coefficient (Wildman–Crippen LogP) is 3.39. The van der Waals surface area contributed by atoms with Crippen LogP contribution in [-0.4, -0.2) is 29.0 Å². The summed E-state index contributed by atoms with van der Waals surface area (Å²) in [5.74, 6) is 6.75. The van der Waals surface area contributed by atoms with Crippen molar-refractivity contribution in [2.75, 3.05) is 12.5 Å². The zero-order valence-electron chi connectivity index (χ0n) is 16.7. The zero-order chi connectivity index (χ0) is 21.1. The van der Waals surface area contributed by atoms with E-state index in [4.69, 9.17) is 10.6 Å². The molecule has 0 saturated heterocycles. The monoisotopic (exact) mass is 401 g/mol. The summed E-state index contributed by atoms with van der Waals surface area (Å²) in [7, 11) is 1.62. The van der Waals surface area contributed by atoms with Gasteiger partial charge in [-0.05, 0) is 36.6 Å². The fraction of sp³-hybridized carbons (Fsp3) is 0.174. The summed E-state index contributed by atoms with van der Waals surface area (Å²) in [6.07, 6.45) is 5.45. The second-order valence-electron chi connectivity index (χ2n) is 7.12. The van der Waals surface area contributed by atoms with E-state index in [1.807, 2.05) is 36.4 Å². The molecular weight excluding hydrogens is 378 g/mol. The summed E-state index contributed by atoms with van der Waals surface area (Å²) in [5, 5.41) is 2.94. The normalized spacial score (nSPS) is 12.9. The lowest BCUT2D eigenvalue weighted by atomic mass is 9.96. The van der Waals surface area contributed by atoms with Gasteiger partial charge < -0.3 is 15.5 Å². The van der Waals surface area contributed by atoms with E-state index in [0.29, 0.717) is 23.3 Å². The molecule has 7 heteroatoms. The summed E-state index contributed by atoms with van der Waals surface area (Å²) in [6, 6.07) is 13.4. The Bertz CT molecular complexity index is 1090. The number of nitrogen functional groups attached to an aromatic ring is 1. The Labute approximate surface area is 175 Å². The van der Waals surface area contributed by atoms with E-state index in [1.165, 1.54) is 0 Å². The third-order valence-corrected chi connectivity index (χ3v) is 5.02. The number of ether oxygens (including phenoxy) is 1. The Morgan fingerprint density at radius 1 is 1.10 bits per heavy atom. The number of nitrogens with two attached hydrogens (primary N) is 1. The molecule has 0 aliphatic heterocycles. The lowest BCUT2D eigenvalue weighted by Gasteiger charge is -2.15. The molecule has 1 aromatic carbocycles. The number of para-hydroxylation sites is 1. The Morgan fingerprint density at radius 3 is 2.53 bits per heavy atom. The first-order chi connectivity index (χ1) is 14.6. The topological polar surface area (TPSA) is 102 Å². The number of hydrazine groups is 1. The number of methoxy groups -OCH3 is 1. The number of carbonyl (C=O) groups excluding carboxylic acids is 1. The van der Waals surface area contributed by atoms with E-state index in [-0.39, 0.29) is 5.91 Å². The van der Waals surface area contributed by atoms with Crippen LogP contribution in [0.2, 0.25) is 0 Å². The molecule has 7 nitrogen and oxygen atoms in total. The van der Waals surface area contributed by atoms with Gasteiger partial charge in [-0.15, -0.1) is 0 Å². The SMILES string of the molecule is C=C(c1ccccc1OC)c1cc(-c2ccc(C(=O)NC3CC3)nc2)cnc1NN. The molecule has 3 aromatic rings. The molecule has 0 unspecified atom stereocenters. The summed E-state index contributed by atoms with van der Waals surface area (Å²) in [4.78, 5) is 20.9. The van der Waals surface area contributed by atoms with Gasteiger partial charge >= 0.3 is 0 Å². The van der Waals surface area contributed by atoms with Crippen molar-refractivity contribution in [1.29, 1.82) is 0 Å². The molecule has 0 atom stereocenters. The largest absolute Gasteiger partial charge is 0.496 e. The van der Waals surface area contributed by atoms with Crippen molar-refractivity contribution in [1.82, 2.24) is 15.3 Å². The fourth-order valence-electron chi connectivity index (χ4n) is 3.19. The minimum Gasteiger partial charge on any atom is -0.496 e. The van der Waals surface area contributed by atoms with Crippen molar-refractivity contribution in [3.8, 4) is 16.9 Å². The number of nitrogens with one attached hydrogen (secondary N) is 2. The molecule has 2 heterocycles. The van der Waals surface area contributed by atoms with Gasteiger partial charge in [-0.25, -0.2) is 10.8 Å². The van der Waals surface area contributed by atoms with Crippen LogP contribution in [0, 0.1) is 0 Å². The van der Waals surface area contributed by atoms with E-state index in [9.17, 15) is 4.79 Å². The van der Waals surface area contributed by atoms with Crippen LogP contribution in [0.25, 0.3) is 16.7 Å². The second kappa shape index (κ2) is 8.34. The quantitative estimate of drug-likeness (QED) is 0.414. The van der Waals surface area contributed by atoms with Gasteiger partial charge in [0.2, 0.25) is 0 Å². The van der Waals surface area contributed by atoms with Crippen LogP contribution in [0.1, 0.15) is 34.5 Å². The third kappa shape index (κ3) is 4.01. The number of anilines is 1. The van der Waals surface area contributed by atoms with E-state index >= 15 is 0 Å². The number of hydrogen-bond donors (Lipinski definition) is 3. The van der Waals surface area contributed by atoms with Gasteiger partial charge in [0, 0.05) is 40.7 Å². The highest BCUT2D eigenvalue weighted by atomic mass is 16.5. The smallest absolute Gasteiger partial charge is 0.270 e. The van der Waals surface area contributed by atoms with Crippen LogP contribution in [0.3, 0.4) is 0 Å². The van der Waals surface area contributed by atoms with Crippen LogP contribution < -0.4 is 21.3 Å². The molecule has 0 spiro atoms. The van der Waals surface area contributed by atoms with Crippen molar-refractivity contribution in [2.24, 2.45) is 5.84 Å². The number of hydrogen-bond acceptors (Lipinski definition) is 6. The third-order valence-electron chi connectivity index (χ3n) is 5.02. The molecule has 1 amide bonds. The number of rotatable bonds is 7. The maximum absolute atomic E-state index is 12.2. The number of benzene rings is 1. The molecule has 152 valence electrons. The van der Waals surface area contributed by atoms with Gasteiger partial charge in [-0.2, -0.15) is 0 Å².